The first-order chi connectivity index (χ1) is 11.8. The Morgan fingerprint density at radius 1 is 0.792 bits per heavy atom. The Morgan fingerprint density at radius 3 is 1.92 bits per heavy atom. The van der Waals surface area contributed by atoms with Crippen LogP contribution in [0.1, 0.15) is 33.8 Å². The molecule has 0 heterocycles. The highest BCUT2D eigenvalue weighted by Crippen LogP contribution is 2.30. The highest BCUT2D eigenvalue weighted by molar-refractivity contribution is 5.96. The fourth-order valence-electron chi connectivity index (χ4n) is 2.88. The van der Waals surface area contributed by atoms with Crippen molar-refractivity contribution in [1.82, 2.24) is 0 Å². The second kappa shape index (κ2) is 7.60. The minimum atomic E-state index is 0.0322. The Balaban J connectivity index is 1.91. The number of carbonyl (C=O) groups is 1. The summed E-state index contributed by atoms with van der Waals surface area (Å²) >= 11 is 0. The summed E-state index contributed by atoms with van der Waals surface area (Å²) in [6, 6.07) is 27.6. The highest BCUT2D eigenvalue weighted by Gasteiger charge is 2.19. The zero-order chi connectivity index (χ0) is 16.8. The van der Waals surface area contributed by atoms with Crippen LogP contribution in [0.15, 0.2) is 84.9 Å². The van der Waals surface area contributed by atoms with Crippen LogP contribution in [0.25, 0.3) is 0 Å². The van der Waals surface area contributed by atoms with Crippen molar-refractivity contribution in [2.24, 2.45) is 0 Å². The van der Waals surface area contributed by atoms with Gasteiger partial charge < -0.3 is 4.74 Å². The maximum Gasteiger partial charge on any atom is 0.163 e. The molecule has 3 rings (SSSR count). The minimum Gasteiger partial charge on any atom is -0.497 e. The van der Waals surface area contributed by atoms with Gasteiger partial charge in [0.2, 0.25) is 0 Å². The lowest BCUT2D eigenvalue weighted by Gasteiger charge is -2.18. The van der Waals surface area contributed by atoms with E-state index in [2.05, 4.69) is 12.1 Å². The number of rotatable bonds is 6. The van der Waals surface area contributed by atoms with Gasteiger partial charge in [0.25, 0.3) is 0 Å². The van der Waals surface area contributed by atoms with Crippen LogP contribution in [-0.2, 0) is 0 Å². The Kier molecular flexibility index (Phi) is 5.07. The van der Waals surface area contributed by atoms with Gasteiger partial charge >= 0.3 is 0 Å². The maximum absolute atomic E-state index is 12.7. The van der Waals surface area contributed by atoms with Crippen molar-refractivity contribution in [2.45, 2.75) is 12.3 Å². The van der Waals surface area contributed by atoms with Gasteiger partial charge in [0.05, 0.1) is 7.11 Å². The molecule has 1 unspecified atom stereocenters. The molecule has 3 aromatic carbocycles. The van der Waals surface area contributed by atoms with E-state index < -0.39 is 0 Å². The van der Waals surface area contributed by atoms with Crippen LogP contribution in [0.4, 0.5) is 0 Å². The number of methoxy groups -OCH3 is 1. The van der Waals surface area contributed by atoms with Crippen LogP contribution in [0.5, 0.6) is 5.75 Å². The van der Waals surface area contributed by atoms with Gasteiger partial charge in [-0.1, -0.05) is 72.8 Å². The second-order valence-electron chi connectivity index (χ2n) is 5.73. The van der Waals surface area contributed by atoms with Crippen molar-refractivity contribution in [2.75, 3.05) is 7.11 Å². The van der Waals surface area contributed by atoms with Crippen molar-refractivity contribution in [3.05, 3.63) is 102 Å². The molecule has 3 aromatic rings. The van der Waals surface area contributed by atoms with Crippen LogP contribution >= 0.6 is 0 Å². The maximum atomic E-state index is 12.7. The number of ether oxygens (including phenoxy) is 1. The summed E-state index contributed by atoms with van der Waals surface area (Å²) in [6.45, 7) is 0. The average Bonchev–Trinajstić information content (AvgIpc) is 2.67. The van der Waals surface area contributed by atoms with E-state index in [9.17, 15) is 4.79 Å². The molecule has 120 valence electrons. The van der Waals surface area contributed by atoms with E-state index in [4.69, 9.17) is 4.74 Å². The van der Waals surface area contributed by atoms with Crippen LogP contribution in [-0.4, -0.2) is 12.9 Å². The smallest absolute Gasteiger partial charge is 0.163 e. The van der Waals surface area contributed by atoms with E-state index in [1.54, 1.807) is 7.11 Å². The second-order valence-corrected chi connectivity index (χ2v) is 5.73. The summed E-state index contributed by atoms with van der Waals surface area (Å²) in [5, 5.41) is 0. The van der Waals surface area contributed by atoms with E-state index in [1.807, 2.05) is 72.8 Å². The molecular weight excluding hydrogens is 296 g/mol. The molecule has 0 aromatic heterocycles. The number of hydrogen-bond donors (Lipinski definition) is 0. The molecule has 2 nitrogen and oxygen atoms in total. The molecule has 0 N–H and O–H groups in total. The molecule has 0 aliphatic heterocycles. The first kappa shape index (κ1) is 16.0. The number of benzene rings is 3. The summed E-state index contributed by atoms with van der Waals surface area (Å²) in [6.07, 6.45) is 0.445. The van der Waals surface area contributed by atoms with E-state index in [-0.39, 0.29) is 11.7 Å². The van der Waals surface area contributed by atoms with Crippen molar-refractivity contribution >= 4 is 5.78 Å². The summed E-state index contributed by atoms with van der Waals surface area (Å²) < 4.78 is 5.24. The summed E-state index contributed by atoms with van der Waals surface area (Å²) in [5.41, 5.74) is 3.02. The van der Waals surface area contributed by atoms with Crippen molar-refractivity contribution in [3.63, 3.8) is 0 Å². The molecule has 2 heteroatoms. The largest absolute Gasteiger partial charge is 0.497 e. The minimum absolute atomic E-state index is 0.0322. The SMILES string of the molecule is COc1ccc(C(CC(=O)c2ccccc2)c2ccccc2)cc1. The van der Waals surface area contributed by atoms with Gasteiger partial charge in [0.1, 0.15) is 5.75 Å². The van der Waals surface area contributed by atoms with Crippen LogP contribution in [0.2, 0.25) is 0 Å². The molecule has 1 atom stereocenters. The monoisotopic (exact) mass is 316 g/mol. The topological polar surface area (TPSA) is 26.3 Å². The predicted molar refractivity (Wildman–Crippen MR) is 96.7 cm³/mol. The molecule has 0 bridgehead atoms. The van der Waals surface area contributed by atoms with Gasteiger partial charge in [-0.05, 0) is 23.3 Å². The predicted octanol–water partition coefficient (Wildman–Crippen LogP) is 5.10. The lowest BCUT2D eigenvalue weighted by Crippen LogP contribution is -2.09. The molecular formula is C22H20O2. The van der Waals surface area contributed by atoms with E-state index in [0.29, 0.717) is 6.42 Å². The first-order valence-electron chi connectivity index (χ1n) is 8.05. The lowest BCUT2D eigenvalue weighted by atomic mass is 9.86. The van der Waals surface area contributed by atoms with Gasteiger partial charge in [-0.2, -0.15) is 0 Å². The summed E-state index contributed by atoms with van der Waals surface area (Å²) in [7, 11) is 1.66. The van der Waals surface area contributed by atoms with E-state index in [0.717, 1.165) is 22.4 Å². The molecule has 0 fully saturated rings. The van der Waals surface area contributed by atoms with Crippen molar-refractivity contribution in [3.8, 4) is 5.75 Å². The number of carbonyl (C=O) groups excluding carboxylic acids is 1. The van der Waals surface area contributed by atoms with Crippen LogP contribution in [0.3, 0.4) is 0 Å². The number of Topliss-reactive ketones (excluding diaryl/α,β-unsaturated/α-hetero) is 1. The molecule has 0 aliphatic carbocycles. The molecule has 0 saturated heterocycles. The van der Waals surface area contributed by atoms with Crippen LogP contribution in [0, 0.1) is 0 Å². The molecule has 0 spiro atoms. The average molecular weight is 316 g/mol. The highest BCUT2D eigenvalue weighted by atomic mass is 16.5. The fraction of sp³-hybridized carbons (Fsp3) is 0.136. The Labute approximate surface area is 142 Å². The third kappa shape index (κ3) is 3.72. The first-order valence-corrected chi connectivity index (χ1v) is 8.05. The summed E-state index contributed by atoms with van der Waals surface area (Å²) in [4.78, 5) is 12.7. The van der Waals surface area contributed by atoms with Gasteiger partial charge in [0, 0.05) is 17.9 Å². The van der Waals surface area contributed by atoms with Gasteiger partial charge in [-0.25, -0.2) is 0 Å². The zero-order valence-electron chi connectivity index (χ0n) is 13.7. The third-order valence-electron chi connectivity index (χ3n) is 4.21. The standard InChI is InChI=1S/C22H20O2/c1-24-20-14-12-18(13-15-20)21(17-8-4-2-5-9-17)16-22(23)19-10-6-3-7-11-19/h2-15,21H,16H2,1H3. The molecule has 0 aliphatic rings. The van der Waals surface area contributed by atoms with E-state index in [1.165, 1.54) is 0 Å². The lowest BCUT2D eigenvalue weighted by molar-refractivity contribution is 0.0977. The van der Waals surface area contributed by atoms with Gasteiger partial charge in [-0.3, -0.25) is 4.79 Å². The zero-order valence-corrected chi connectivity index (χ0v) is 13.7. The Bertz CT molecular complexity index is 777. The Morgan fingerprint density at radius 2 is 1.33 bits per heavy atom. The normalized spacial score (nSPS) is 11.7. The molecule has 0 saturated carbocycles. The van der Waals surface area contributed by atoms with E-state index >= 15 is 0 Å². The Hall–Kier alpha value is -2.87. The van der Waals surface area contributed by atoms with Crippen molar-refractivity contribution in [1.29, 1.82) is 0 Å². The fourth-order valence-corrected chi connectivity index (χ4v) is 2.88. The van der Waals surface area contributed by atoms with Gasteiger partial charge in [0.15, 0.2) is 5.78 Å². The third-order valence-corrected chi connectivity index (χ3v) is 4.21. The summed E-state index contributed by atoms with van der Waals surface area (Å²) in [5.74, 6) is 1.00. The van der Waals surface area contributed by atoms with Gasteiger partial charge in [-0.15, -0.1) is 0 Å². The molecule has 24 heavy (non-hydrogen) atoms. The van der Waals surface area contributed by atoms with Crippen molar-refractivity contribution < 1.29 is 9.53 Å². The molecule has 0 amide bonds. The van der Waals surface area contributed by atoms with Crippen LogP contribution < -0.4 is 4.74 Å². The quantitative estimate of drug-likeness (QED) is 0.591. The molecule has 0 radical (unpaired) electrons. The number of hydrogen-bond acceptors (Lipinski definition) is 2. The number of ketones is 1.